The van der Waals surface area contributed by atoms with Crippen molar-refractivity contribution >= 4 is 5.91 Å². The van der Waals surface area contributed by atoms with Gasteiger partial charge >= 0.3 is 0 Å². The van der Waals surface area contributed by atoms with Crippen LogP contribution in [0.1, 0.15) is 52.7 Å². The van der Waals surface area contributed by atoms with Gasteiger partial charge in [0.15, 0.2) is 0 Å². The monoisotopic (exact) mass is 322 g/mol. The number of amides is 1. The van der Waals surface area contributed by atoms with Crippen LogP contribution in [0, 0.1) is 6.92 Å². The lowest BCUT2D eigenvalue weighted by Crippen LogP contribution is -2.39. The number of hydrogen-bond donors (Lipinski definition) is 2. The van der Waals surface area contributed by atoms with Crippen LogP contribution in [0.15, 0.2) is 48.5 Å². The van der Waals surface area contributed by atoms with Gasteiger partial charge in [-0.05, 0) is 43.0 Å². The molecule has 0 atom stereocenters. The highest BCUT2D eigenvalue weighted by Crippen LogP contribution is 2.40. The fourth-order valence-corrected chi connectivity index (χ4v) is 3.74. The fourth-order valence-electron chi connectivity index (χ4n) is 3.74. The maximum atomic E-state index is 12.5. The minimum Gasteiger partial charge on any atom is -0.351 e. The van der Waals surface area contributed by atoms with Crippen molar-refractivity contribution in [2.45, 2.75) is 44.6 Å². The van der Waals surface area contributed by atoms with Crippen LogP contribution in [-0.4, -0.2) is 12.5 Å². The summed E-state index contributed by atoms with van der Waals surface area (Å²) in [6.45, 7) is 3.33. The third-order valence-electron chi connectivity index (χ3n) is 5.23. The van der Waals surface area contributed by atoms with E-state index in [-0.39, 0.29) is 11.3 Å². The summed E-state index contributed by atoms with van der Waals surface area (Å²) in [6.07, 6.45) is 4.75. The van der Waals surface area contributed by atoms with E-state index in [4.69, 9.17) is 5.73 Å². The molecule has 3 rings (SSSR count). The number of carbonyl (C=O) groups excluding carboxylic acids is 1. The van der Waals surface area contributed by atoms with E-state index >= 15 is 0 Å². The van der Waals surface area contributed by atoms with Crippen molar-refractivity contribution in [1.82, 2.24) is 5.32 Å². The fraction of sp³-hybridized carbons (Fsp3) is 0.381. The molecule has 0 unspecified atom stereocenters. The van der Waals surface area contributed by atoms with E-state index in [9.17, 15) is 4.79 Å². The summed E-state index contributed by atoms with van der Waals surface area (Å²) in [5.41, 5.74) is 10.1. The number of benzene rings is 2. The first-order valence-electron chi connectivity index (χ1n) is 8.77. The second-order valence-corrected chi connectivity index (χ2v) is 6.94. The second kappa shape index (κ2) is 7.18. The van der Waals surface area contributed by atoms with E-state index in [0.717, 1.165) is 18.4 Å². The van der Waals surface area contributed by atoms with E-state index in [1.54, 1.807) is 0 Å². The van der Waals surface area contributed by atoms with Crippen molar-refractivity contribution in [3.8, 4) is 0 Å². The zero-order valence-electron chi connectivity index (χ0n) is 14.3. The summed E-state index contributed by atoms with van der Waals surface area (Å²) in [6, 6.07) is 16.3. The van der Waals surface area contributed by atoms with Gasteiger partial charge in [-0.3, -0.25) is 4.79 Å². The van der Waals surface area contributed by atoms with Gasteiger partial charge in [-0.15, -0.1) is 0 Å². The second-order valence-electron chi connectivity index (χ2n) is 6.94. The molecular weight excluding hydrogens is 296 g/mol. The van der Waals surface area contributed by atoms with Gasteiger partial charge in [0.1, 0.15) is 0 Å². The maximum Gasteiger partial charge on any atom is 0.251 e. The molecular formula is C21H26N2O. The third kappa shape index (κ3) is 3.51. The average molecular weight is 322 g/mol. The van der Waals surface area contributed by atoms with Crippen LogP contribution in [0.25, 0.3) is 0 Å². The Bertz CT molecular complexity index is 700. The molecule has 2 aromatic rings. The van der Waals surface area contributed by atoms with Gasteiger partial charge in [-0.1, -0.05) is 54.8 Å². The van der Waals surface area contributed by atoms with Crippen LogP contribution in [-0.2, 0) is 12.0 Å². The van der Waals surface area contributed by atoms with Crippen LogP contribution in [0.5, 0.6) is 0 Å². The van der Waals surface area contributed by atoms with Crippen molar-refractivity contribution in [3.05, 3.63) is 70.8 Å². The number of hydrogen-bond acceptors (Lipinski definition) is 2. The molecule has 1 saturated carbocycles. The lowest BCUT2D eigenvalue weighted by Gasteiger charge is -2.30. The van der Waals surface area contributed by atoms with E-state index in [2.05, 4.69) is 36.5 Å². The molecule has 0 saturated heterocycles. The quantitative estimate of drug-likeness (QED) is 0.882. The molecule has 1 fully saturated rings. The average Bonchev–Trinajstić information content (AvgIpc) is 3.10. The van der Waals surface area contributed by atoms with Crippen LogP contribution < -0.4 is 11.1 Å². The van der Waals surface area contributed by atoms with E-state index < -0.39 is 0 Å². The summed E-state index contributed by atoms with van der Waals surface area (Å²) >= 11 is 0. The first-order valence-corrected chi connectivity index (χ1v) is 8.77. The predicted molar refractivity (Wildman–Crippen MR) is 98.0 cm³/mol. The SMILES string of the molecule is Cc1cccc(C2(CNC(=O)c3ccc(CN)cc3)CCCC2)c1. The van der Waals surface area contributed by atoms with Gasteiger partial charge in [0, 0.05) is 24.1 Å². The van der Waals surface area contributed by atoms with E-state index in [1.165, 1.54) is 24.0 Å². The molecule has 1 aliphatic carbocycles. The number of carbonyl (C=O) groups is 1. The van der Waals surface area contributed by atoms with E-state index in [0.29, 0.717) is 18.7 Å². The summed E-state index contributed by atoms with van der Waals surface area (Å²) in [4.78, 5) is 12.5. The van der Waals surface area contributed by atoms with Crippen LogP contribution in [0.2, 0.25) is 0 Å². The smallest absolute Gasteiger partial charge is 0.251 e. The standard InChI is InChI=1S/C21H26N2O/c1-16-5-4-6-19(13-16)21(11-2-3-12-21)15-23-20(24)18-9-7-17(14-22)8-10-18/h4-10,13H,2-3,11-12,14-15,22H2,1H3,(H,23,24). The van der Waals surface area contributed by atoms with Gasteiger partial charge in [-0.25, -0.2) is 0 Å². The summed E-state index contributed by atoms with van der Waals surface area (Å²) in [7, 11) is 0. The Kier molecular flexibility index (Phi) is 5.00. The molecule has 126 valence electrons. The first-order chi connectivity index (χ1) is 11.6. The van der Waals surface area contributed by atoms with Crippen LogP contribution >= 0.6 is 0 Å². The third-order valence-corrected chi connectivity index (χ3v) is 5.23. The molecule has 2 aromatic carbocycles. The minimum atomic E-state index is -0.00232. The Labute approximate surface area is 144 Å². The van der Waals surface area contributed by atoms with Gasteiger partial charge in [-0.2, -0.15) is 0 Å². The lowest BCUT2D eigenvalue weighted by molar-refractivity contribution is 0.0943. The first kappa shape index (κ1) is 16.7. The summed E-state index contributed by atoms with van der Waals surface area (Å²) in [5, 5.41) is 3.17. The number of aryl methyl sites for hydroxylation is 1. The molecule has 0 spiro atoms. The Morgan fingerprint density at radius 3 is 2.46 bits per heavy atom. The summed E-state index contributed by atoms with van der Waals surface area (Å²) in [5.74, 6) is -0.00232. The molecule has 0 heterocycles. The highest BCUT2D eigenvalue weighted by molar-refractivity contribution is 5.94. The highest BCUT2D eigenvalue weighted by Gasteiger charge is 2.35. The molecule has 0 aromatic heterocycles. The van der Waals surface area contributed by atoms with Gasteiger partial charge in [0.05, 0.1) is 0 Å². The van der Waals surface area contributed by atoms with E-state index in [1.807, 2.05) is 24.3 Å². The Hall–Kier alpha value is -2.13. The van der Waals surface area contributed by atoms with Crippen molar-refractivity contribution < 1.29 is 4.79 Å². The van der Waals surface area contributed by atoms with Crippen molar-refractivity contribution in [1.29, 1.82) is 0 Å². The molecule has 3 heteroatoms. The van der Waals surface area contributed by atoms with Crippen LogP contribution in [0.4, 0.5) is 0 Å². The zero-order valence-corrected chi connectivity index (χ0v) is 14.3. The molecule has 3 N–H and O–H groups in total. The predicted octanol–water partition coefficient (Wildman–Crippen LogP) is 3.70. The molecule has 1 aliphatic rings. The van der Waals surface area contributed by atoms with Gasteiger partial charge < -0.3 is 11.1 Å². The zero-order chi connectivity index (χ0) is 17.0. The topological polar surface area (TPSA) is 55.1 Å². The lowest BCUT2D eigenvalue weighted by atomic mass is 9.78. The van der Waals surface area contributed by atoms with Gasteiger partial charge in [0.25, 0.3) is 5.91 Å². The molecule has 3 nitrogen and oxygen atoms in total. The highest BCUT2D eigenvalue weighted by atomic mass is 16.1. The molecule has 24 heavy (non-hydrogen) atoms. The summed E-state index contributed by atoms with van der Waals surface area (Å²) < 4.78 is 0. The number of nitrogens with two attached hydrogens (primary N) is 1. The number of rotatable bonds is 5. The van der Waals surface area contributed by atoms with Crippen molar-refractivity contribution in [3.63, 3.8) is 0 Å². The Balaban J connectivity index is 1.73. The maximum absolute atomic E-state index is 12.5. The molecule has 0 aliphatic heterocycles. The van der Waals surface area contributed by atoms with Crippen molar-refractivity contribution in [2.75, 3.05) is 6.54 Å². The van der Waals surface area contributed by atoms with Crippen LogP contribution in [0.3, 0.4) is 0 Å². The molecule has 1 amide bonds. The Morgan fingerprint density at radius 2 is 1.83 bits per heavy atom. The molecule has 0 bridgehead atoms. The Morgan fingerprint density at radius 1 is 1.12 bits per heavy atom. The molecule has 0 radical (unpaired) electrons. The largest absolute Gasteiger partial charge is 0.351 e. The number of nitrogens with one attached hydrogen (secondary N) is 1. The van der Waals surface area contributed by atoms with Gasteiger partial charge in [0.2, 0.25) is 0 Å². The normalized spacial score (nSPS) is 16.1. The van der Waals surface area contributed by atoms with Crippen molar-refractivity contribution in [2.24, 2.45) is 5.73 Å². The minimum absolute atomic E-state index is 0.00232.